The van der Waals surface area contributed by atoms with Crippen molar-refractivity contribution in [1.82, 2.24) is 4.98 Å². The van der Waals surface area contributed by atoms with Crippen molar-refractivity contribution >= 4 is 0 Å². The van der Waals surface area contributed by atoms with Gasteiger partial charge in [-0.05, 0) is 0 Å². The van der Waals surface area contributed by atoms with E-state index in [1.807, 2.05) is 19.1 Å². The molecule has 0 saturated heterocycles. The molecular weight excluding hydrogens is 143 g/mol. The molecule has 1 aromatic rings. The second kappa shape index (κ2) is 6.14. The monoisotopic (exact) mass is 152 g/mol. The third kappa shape index (κ3) is 4.52. The molecule has 1 aromatic heterocycles. The van der Waals surface area contributed by atoms with Gasteiger partial charge in [-0.25, -0.2) is 0 Å². The summed E-state index contributed by atoms with van der Waals surface area (Å²) in [7, 11) is 0. The van der Waals surface area contributed by atoms with Gasteiger partial charge in [-0.3, -0.25) is 0 Å². The average Bonchev–Trinajstić information content (AvgIpc) is 1.69. The molecule has 0 aliphatic rings. The summed E-state index contributed by atoms with van der Waals surface area (Å²) in [4.78, 5) is 3.76. The first kappa shape index (κ1) is 11.8. The Balaban J connectivity index is 0. The SMILES string of the molecule is Cc1[c-]nccc1.[CH3-].[Sc]. The molecule has 1 nitrogen and oxygen atoms in total. The molecule has 0 N–H and O–H groups in total. The molecule has 0 bridgehead atoms. The summed E-state index contributed by atoms with van der Waals surface area (Å²) in [6.07, 6.45) is 4.50. The van der Waals surface area contributed by atoms with Crippen molar-refractivity contribution in [2.24, 2.45) is 0 Å². The van der Waals surface area contributed by atoms with Crippen LogP contribution < -0.4 is 0 Å². The minimum absolute atomic E-state index is 0. The van der Waals surface area contributed by atoms with Crippen LogP contribution in [0.15, 0.2) is 18.3 Å². The summed E-state index contributed by atoms with van der Waals surface area (Å²) in [5.74, 6) is 0. The van der Waals surface area contributed by atoms with Gasteiger partial charge in [-0.1, -0.05) is 19.3 Å². The van der Waals surface area contributed by atoms with Crippen molar-refractivity contribution in [3.63, 3.8) is 0 Å². The Labute approximate surface area is 75.3 Å². The predicted octanol–water partition coefficient (Wildman–Crippen LogP) is 1.64. The fourth-order valence-electron chi connectivity index (χ4n) is 0.407. The van der Waals surface area contributed by atoms with Crippen LogP contribution in [0.5, 0.6) is 0 Å². The summed E-state index contributed by atoms with van der Waals surface area (Å²) in [6, 6.07) is 3.86. The Kier molecular flexibility index (Phi) is 8.04. The summed E-state index contributed by atoms with van der Waals surface area (Å²) < 4.78 is 0. The van der Waals surface area contributed by atoms with Crippen LogP contribution in [-0.2, 0) is 25.8 Å². The Morgan fingerprint density at radius 1 is 1.56 bits per heavy atom. The third-order valence-corrected chi connectivity index (χ3v) is 0.748. The van der Waals surface area contributed by atoms with E-state index in [9.17, 15) is 0 Å². The van der Waals surface area contributed by atoms with E-state index in [0.717, 1.165) is 5.56 Å². The third-order valence-electron chi connectivity index (χ3n) is 0.748. The van der Waals surface area contributed by atoms with E-state index in [2.05, 4.69) is 11.2 Å². The molecule has 0 aliphatic heterocycles. The molecule has 1 rings (SSSR count). The normalized spacial score (nSPS) is 6.78. The standard InChI is InChI=1S/C6H6N.CH3.Sc/c1-6-3-2-4-7-5-6;;/h2-4H,1H3;1H3;/q2*-1;. The predicted molar refractivity (Wildman–Crippen MR) is 34.2 cm³/mol. The molecule has 1 heterocycles. The maximum absolute atomic E-state index is 3.76. The first-order chi connectivity index (χ1) is 3.39. The van der Waals surface area contributed by atoms with Crippen molar-refractivity contribution < 1.29 is 25.8 Å². The summed E-state index contributed by atoms with van der Waals surface area (Å²) >= 11 is 0. The minimum Gasteiger partial charge on any atom is -0.394 e. The average molecular weight is 152 g/mol. The summed E-state index contributed by atoms with van der Waals surface area (Å²) in [5, 5.41) is 0. The number of nitrogens with zero attached hydrogens (tertiary/aromatic N) is 1. The molecule has 0 unspecified atom stereocenters. The van der Waals surface area contributed by atoms with Crippen LogP contribution in [0.1, 0.15) is 5.56 Å². The van der Waals surface area contributed by atoms with Crippen LogP contribution in [0.2, 0.25) is 0 Å². The fraction of sp³-hybridized carbons (Fsp3) is 0.143. The molecule has 47 valence electrons. The molecule has 0 spiro atoms. The maximum atomic E-state index is 3.76. The van der Waals surface area contributed by atoms with Gasteiger partial charge >= 0.3 is 0 Å². The van der Waals surface area contributed by atoms with Crippen molar-refractivity contribution in [2.45, 2.75) is 6.92 Å². The molecule has 0 saturated carbocycles. The van der Waals surface area contributed by atoms with Crippen LogP contribution in [0.4, 0.5) is 0 Å². The zero-order valence-corrected chi connectivity index (χ0v) is 7.56. The molecule has 0 amide bonds. The molecule has 1 radical (unpaired) electrons. The maximum Gasteiger partial charge on any atom is 0 e. The summed E-state index contributed by atoms with van der Waals surface area (Å²) in [6.45, 7) is 1.97. The second-order valence-electron chi connectivity index (χ2n) is 1.43. The van der Waals surface area contributed by atoms with Crippen molar-refractivity contribution in [1.29, 1.82) is 0 Å². The van der Waals surface area contributed by atoms with E-state index < -0.39 is 0 Å². The van der Waals surface area contributed by atoms with E-state index >= 15 is 0 Å². The number of aromatic nitrogens is 1. The molecule has 0 aromatic carbocycles. The van der Waals surface area contributed by atoms with Gasteiger partial charge in [0.25, 0.3) is 0 Å². The number of hydrogen-bond donors (Lipinski definition) is 0. The van der Waals surface area contributed by atoms with Crippen LogP contribution in [0.3, 0.4) is 0 Å². The van der Waals surface area contributed by atoms with Gasteiger partial charge in [0.1, 0.15) is 0 Å². The van der Waals surface area contributed by atoms with Gasteiger partial charge in [0.2, 0.25) is 0 Å². The van der Waals surface area contributed by atoms with E-state index in [1.54, 1.807) is 6.20 Å². The quantitative estimate of drug-likeness (QED) is 0.515. The zero-order chi connectivity index (χ0) is 5.11. The van der Waals surface area contributed by atoms with E-state index in [1.165, 1.54) is 0 Å². The molecule has 2 heteroatoms. The van der Waals surface area contributed by atoms with E-state index in [0.29, 0.717) is 0 Å². The van der Waals surface area contributed by atoms with Gasteiger partial charge in [-0.15, -0.1) is 5.56 Å². The minimum atomic E-state index is 0. The van der Waals surface area contributed by atoms with Gasteiger partial charge in [0.15, 0.2) is 0 Å². The van der Waals surface area contributed by atoms with E-state index in [-0.39, 0.29) is 33.3 Å². The second-order valence-corrected chi connectivity index (χ2v) is 1.43. The fourth-order valence-corrected chi connectivity index (χ4v) is 0.407. The Hall–Kier alpha value is 0.0201. The Bertz CT molecular complexity index is 139. The van der Waals surface area contributed by atoms with Crippen LogP contribution in [-0.4, -0.2) is 4.98 Å². The first-order valence-corrected chi connectivity index (χ1v) is 2.19. The van der Waals surface area contributed by atoms with Gasteiger partial charge in [0.05, 0.1) is 0 Å². The van der Waals surface area contributed by atoms with Gasteiger partial charge < -0.3 is 12.4 Å². The molecule has 9 heavy (non-hydrogen) atoms. The molecule has 0 fully saturated rings. The number of pyridine rings is 1. The number of rotatable bonds is 0. The largest absolute Gasteiger partial charge is 0.394 e. The van der Waals surface area contributed by atoms with Crippen molar-refractivity contribution in [2.75, 3.05) is 0 Å². The summed E-state index contributed by atoms with van der Waals surface area (Å²) in [5.41, 5.74) is 1.09. The van der Waals surface area contributed by atoms with Crippen molar-refractivity contribution in [3.05, 3.63) is 37.5 Å². The van der Waals surface area contributed by atoms with E-state index in [4.69, 9.17) is 0 Å². The van der Waals surface area contributed by atoms with Crippen molar-refractivity contribution in [3.8, 4) is 0 Å². The number of hydrogen-bond acceptors (Lipinski definition) is 1. The van der Waals surface area contributed by atoms with Crippen LogP contribution in [0.25, 0.3) is 0 Å². The topological polar surface area (TPSA) is 12.9 Å². The first-order valence-electron chi connectivity index (χ1n) is 2.19. The van der Waals surface area contributed by atoms with Crippen LogP contribution >= 0.6 is 0 Å². The molecular formula is C7H9NSc-2. The Morgan fingerprint density at radius 2 is 2.22 bits per heavy atom. The zero-order valence-electron chi connectivity index (χ0n) is 5.76. The molecule has 0 aliphatic carbocycles. The van der Waals surface area contributed by atoms with Gasteiger partial charge in [-0.2, -0.15) is 12.1 Å². The van der Waals surface area contributed by atoms with Crippen LogP contribution in [0, 0.1) is 20.5 Å². The molecule has 0 atom stereocenters. The Morgan fingerprint density at radius 3 is 2.44 bits per heavy atom. The number of aryl methyl sites for hydroxylation is 1. The van der Waals surface area contributed by atoms with Gasteiger partial charge in [0, 0.05) is 25.8 Å². The smallest absolute Gasteiger partial charge is 0 e.